The number of anilines is 3. The first kappa shape index (κ1) is 13.8. The summed E-state index contributed by atoms with van der Waals surface area (Å²) in [5.74, 6) is -1.82. The monoisotopic (exact) mass is 275 g/mol. The highest BCUT2D eigenvalue weighted by molar-refractivity contribution is 5.94. The fourth-order valence-corrected chi connectivity index (χ4v) is 1.80. The van der Waals surface area contributed by atoms with Crippen molar-refractivity contribution in [1.29, 1.82) is 0 Å². The van der Waals surface area contributed by atoms with Crippen LogP contribution in [0.3, 0.4) is 0 Å². The van der Waals surface area contributed by atoms with Gasteiger partial charge in [-0.3, -0.25) is 0 Å². The molecule has 1 aromatic carbocycles. The third-order valence-corrected chi connectivity index (χ3v) is 2.72. The number of para-hydroxylation sites is 2. The van der Waals surface area contributed by atoms with E-state index in [0.717, 1.165) is 18.0 Å². The lowest BCUT2D eigenvalue weighted by molar-refractivity contribution is 0.0697. The molecule has 0 spiro atoms. The summed E-state index contributed by atoms with van der Waals surface area (Å²) in [7, 11) is 3.74. The van der Waals surface area contributed by atoms with E-state index in [1.54, 1.807) is 6.07 Å². The third kappa shape index (κ3) is 2.85. The maximum Gasteiger partial charge on any atom is 0.339 e. The molecule has 0 radical (unpaired) electrons. The number of rotatable bonds is 4. The Morgan fingerprint density at radius 3 is 2.70 bits per heavy atom. The van der Waals surface area contributed by atoms with Crippen LogP contribution in [0.2, 0.25) is 0 Å². The Morgan fingerprint density at radius 1 is 1.35 bits per heavy atom. The molecule has 1 heterocycles. The number of carbonyl (C=O) groups is 1. The van der Waals surface area contributed by atoms with Crippen molar-refractivity contribution in [3.05, 3.63) is 47.9 Å². The van der Waals surface area contributed by atoms with E-state index >= 15 is 0 Å². The van der Waals surface area contributed by atoms with Crippen LogP contribution in [0.1, 0.15) is 10.4 Å². The van der Waals surface area contributed by atoms with Crippen molar-refractivity contribution < 1.29 is 14.3 Å². The van der Waals surface area contributed by atoms with Crippen LogP contribution in [0.5, 0.6) is 0 Å². The maximum atomic E-state index is 13.1. The molecule has 0 saturated heterocycles. The molecule has 0 atom stereocenters. The smallest absolute Gasteiger partial charge is 0.339 e. The van der Waals surface area contributed by atoms with Gasteiger partial charge in [0.25, 0.3) is 0 Å². The van der Waals surface area contributed by atoms with Crippen molar-refractivity contribution in [3.8, 4) is 0 Å². The zero-order chi connectivity index (χ0) is 14.7. The minimum Gasteiger partial charge on any atom is -0.478 e. The van der Waals surface area contributed by atoms with Gasteiger partial charge in [-0.2, -0.15) is 0 Å². The Balaban J connectivity index is 2.43. The zero-order valence-electron chi connectivity index (χ0n) is 11.1. The normalized spacial score (nSPS) is 10.2. The van der Waals surface area contributed by atoms with Crippen molar-refractivity contribution in [2.75, 3.05) is 24.3 Å². The molecule has 2 aromatic rings. The molecule has 20 heavy (non-hydrogen) atoms. The summed E-state index contributed by atoms with van der Waals surface area (Å²) in [6, 6.07) is 8.31. The Hall–Kier alpha value is -2.63. The van der Waals surface area contributed by atoms with Gasteiger partial charge in [0, 0.05) is 14.1 Å². The average Bonchev–Trinajstić information content (AvgIpc) is 2.41. The topological polar surface area (TPSA) is 65.5 Å². The Kier molecular flexibility index (Phi) is 3.84. The van der Waals surface area contributed by atoms with Gasteiger partial charge >= 0.3 is 5.97 Å². The number of halogens is 1. The van der Waals surface area contributed by atoms with Gasteiger partial charge in [0.1, 0.15) is 17.2 Å². The molecule has 2 N–H and O–H groups in total. The van der Waals surface area contributed by atoms with Gasteiger partial charge in [0.2, 0.25) is 0 Å². The number of hydrogen-bond donors (Lipinski definition) is 2. The fourth-order valence-electron chi connectivity index (χ4n) is 1.80. The van der Waals surface area contributed by atoms with Crippen molar-refractivity contribution in [3.63, 3.8) is 0 Å². The summed E-state index contributed by atoms with van der Waals surface area (Å²) in [5.41, 5.74) is 1.35. The lowest BCUT2D eigenvalue weighted by Crippen LogP contribution is -2.12. The molecule has 5 nitrogen and oxygen atoms in total. The number of nitrogens with one attached hydrogen (secondary N) is 1. The van der Waals surface area contributed by atoms with Gasteiger partial charge in [0.05, 0.1) is 17.6 Å². The maximum absolute atomic E-state index is 13.1. The van der Waals surface area contributed by atoms with E-state index in [4.69, 9.17) is 5.11 Å². The number of nitrogens with zero attached hydrogens (tertiary/aromatic N) is 2. The molecular formula is C14H14FN3O2. The summed E-state index contributed by atoms with van der Waals surface area (Å²) in [6.07, 6.45) is 0.979. The standard InChI is InChI=1S/C14H14FN3O2/c1-18(2)12-6-4-3-5-11(12)17-13-10(14(19)20)7-9(15)8-16-13/h3-8H,1-2H3,(H,16,17)(H,19,20). The van der Waals surface area contributed by atoms with Crippen molar-refractivity contribution >= 4 is 23.2 Å². The van der Waals surface area contributed by atoms with E-state index in [9.17, 15) is 9.18 Å². The quantitative estimate of drug-likeness (QED) is 0.898. The summed E-state index contributed by atoms with van der Waals surface area (Å²) < 4.78 is 13.1. The Bertz CT molecular complexity index is 644. The van der Waals surface area contributed by atoms with E-state index < -0.39 is 11.8 Å². The predicted molar refractivity (Wildman–Crippen MR) is 75.2 cm³/mol. The number of aromatic nitrogens is 1. The number of carboxylic acids is 1. The van der Waals surface area contributed by atoms with Gasteiger partial charge in [0.15, 0.2) is 0 Å². The first-order valence-electron chi connectivity index (χ1n) is 5.91. The van der Waals surface area contributed by atoms with Crippen LogP contribution < -0.4 is 10.2 Å². The molecule has 0 amide bonds. The highest BCUT2D eigenvalue weighted by Gasteiger charge is 2.14. The van der Waals surface area contributed by atoms with Gasteiger partial charge in [-0.1, -0.05) is 12.1 Å². The minimum absolute atomic E-state index is 0.105. The minimum atomic E-state index is -1.23. The number of benzene rings is 1. The molecular weight excluding hydrogens is 261 g/mol. The number of hydrogen-bond acceptors (Lipinski definition) is 4. The van der Waals surface area contributed by atoms with Crippen LogP contribution in [0.4, 0.5) is 21.6 Å². The zero-order valence-corrected chi connectivity index (χ0v) is 11.1. The Morgan fingerprint density at radius 2 is 2.05 bits per heavy atom. The lowest BCUT2D eigenvalue weighted by atomic mass is 10.2. The second kappa shape index (κ2) is 5.56. The number of carboxylic acid groups (broad SMARTS) is 1. The second-order valence-corrected chi connectivity index (χ2v) is 4.39. The van der Waals surface area contributed by atoms with Gasteiger partial charge in [-0.25, -0.2) is 14.2 Å². The molecule has 0 bridgehead atoms. The average molecular weight is 275 g/mol. The highest BCUT2D eigenvalue weighted by Crippen LogP contribution is 2.27. The van der Waals surface area contributed by atoms with Crippen LogP contribution in [-0.4, -0.2) is 30.2 Å². The van der Waals surface area contributed by atoms with Gasteiger partial charge in [-0.15, -0.1) is 0 Å². The summed E-state index contributed by atoms with van der Waals surface area (Å²) in [4.78, 5) is 16.8. The molecule has 0 saturated carbocycles. The van der Waals surface area contributed by atoms with Crippen LogP contribution in [0, 0.1) is 5.82 Å². The van der Waals surface area contributed by atoms with E-state index in [-0.39, 0.29) is 11.4 Å². The fraction of sp³-hybridized carbons (Fsp3) is 0.143. The van der Waals surface area contributed by atoms with Crippen molar-refractivity contribution in [2.24, 2.45) is 0 Å². The number of aromatic carboxylic acids is 1. The molecule has 0 aliphatic heterocycles. The van der Waals surface area contributed by atoms with Gasteiger partial charge < -0.3 is 15.3 Å². The SMILES string of the molecule is CN(C)c1ccccc1Nc1ncc(F)cc1C(=O)O. The molecule has 0 aliphatic carbocycles. The molecule has 6 heteroatoms. The lowest BCUT2D eigenvalue weighted by Gasteiger charge is -2.18. The summed E-state index contributed by atoms with van der Waals surface area (Å²) in [5, 5.41) is 12.0. The first-order valence-corrected chi connectivity index (χ1v) is 5.91. The second-order valence-electron chi connectivity index (χ2n) is 4.39. The van der Waals surface area contributed by atoms with Crippen molar-refractivity contribution in [2.45, 2.75) is 0 Å². The molecule has 104 valence electrons. The van der Waals surface area contributed by atoms with Crippen molar-refractivity contribution in [1.82, 2.24) is 4.98 Å². The third-order valence-electron chi connectivity index (χ3n) is 2.72. The summed E-state index contributed by atoms with van der Waals surface area (Å²) in [6.45, 7) is 0. The first-order chi connectivity index (χ1) is 9.49. The van der Waals surface area contributed by atoms with E-state index in [1.165, 1.54) is 0 Å². The highest BCUT2D eigenvalue weighted by atomic mass is 19.1. The van der Waals surface area contributed by atoms with Crippen LogP contribution in [-0.2, 0) is 0 Å². The van der Waals surface area contributed by atoms with Crippen LogP contribution in [0.25, 0.3) is 0 Å². The number of pyridine rings is 1. The van der Waals surface area contributed by atoms with E-state index in [0.29, 0.717) is 5.69 Å². The largest absolute Gasteiger partial charge is 0.478 e. The summed E-state index contributed by atoms with van der Waals surface area (Å²) >= 11 is 0. The predicted octanol–water partition coefficient (Wildman–Crippen LogP) is 2.73. The van der Waals surface area contributed by atoms with Crippen LogP contribution in [0.15, 0.2) is 36.5 Å². The Labute approximate surface area is 115 Å². The molecule has 0 aliphatic rings. The van der Waals surface area contributed by atoms with E-state index in [1.807, 2.05) is 37.2 Å². The molecule has 0 unspecified atom stereocenters. The molecule has 1 aromatic heterocycles. The molecule has 0 fully saturated rings. The van der Waals surface area contributed by atoms with Gasteiger partial charge in [-0.05, 0) is 18.2 Å². The van der Waals surface area contributed by atoms with E-state index in [2.05, 4.69) is 10.3 Å². The molecule has 2 rings (SSSR count). The van der Waals surface area contributed by atoms with Crippen LogP contribution >= 0.6 is 0 Å².